The van der Waals surface area contributed by atoms with Crippen molar-refractivity contribution in [1.82, 2.24) is 10.3 Å². The van der Waals surface area contributed by atoms with Gasteiger partial charge in [0.2, 0.25) is 11.8 Å². The lowest BCUT2D eigenvalue weighted by Gasteiger charge is -2.13. The van der Waals surface area contributed by atoms with Gasteiger partial charge in [0.25, 0.3) is 0 Å². The van der Waals surface area contributed by atoms with Crippen LogP contribution in [0.2, 0.25) is 0 Å². The van der Waals surface area contributed by atoms with E-state index in [-0.39, 0.29) is 18.2 Å². The van der Waals surface area contributed by atoms with Crippen LogP contribution >= 0.6 is 11.3 Å². The molecule has 0 aliphatic rings. The van der Waals surface area contributed by atoms with Gasteiger partial charge >= 0.3 is 0 Å². The molecule has 1 amide bonds. The topological polar surface area (TPSA) is 75.4 Å². The summed E-state index contributed by atoms with van der Waals surface area (Å²) >= 11 is 1.55. The van der Waals surface area contributed by atoms with Gasteiger partial charge in [-0.25, -0.2) is 4.98 Å². The number of carbonyl (C=O) groups is 1. The Hall–Kier alpha value is -1.66. The van der Waals surface area contributed by atoms with Gasteiger partial charge < -0.3 is 14.8 Å². The molecule has 1 unspecified atom stereocenters. The molecule has 2 N–H and O–H groups in total. The number of aliphatic hydroxyl groups excluding tert-OH is 1. The third-order valence-electron chi connectivity index (χ3n) is 2.91. The van der Waals surface area contributed by atoms with Gasteiger partial charge in [0, 0.05) is 0 Å². The highest BCUT2D eigenvalue weighted by Gasteiger charge is 2.14. The highest BCUT2D eigenvalue weighted by Crippen LogP contribution is 2.23. The number of aliphatic hydroxyl groups is 1. The molecule has 108 valence electrons. The van der Waals surface area contributed by atoms with E-state index in [1.165, 1.54) is 6.26 Å². The molecule has 20 heavy (non-hydrogen) atoms. The average molecular weight is 294 g/mol. The SMILES string of the molecule is CC(C)C(O)CC(=O)NCc1coc(-c2cccs2)n1. The fraction of sp³-hybridized carbons (Fsp3) is 0.429. The van der Waals surface area contributed by atoms with E-state index in [1.54, 1.807) is 11.3 Å². The number of rotatable bonds is 6. The quantitative estimate of drug-likeness (QED) is 0.858. The first-order valence-electron chi connectivity index (χ1n) is 6.49. The van der Waals surface area contributed by atoms with E-state index in [1.807, 2.05) is 31.4 Å². The van der Waals surface area contributed by atoms with Crippen molar-refractivity contribution in [3.8, 4) is 10.8 Å². The number of thiophene rings is 1. The van der Waals surface area contributed by atoms with E-state index in [0.717, 1.165) is 4.88 Å². The third kappa shape index (κ3) is 3.91. The molecule has 2 aromatic rings. The van der Waals surface area contributed by atoms with Crippen molar-refractivity contribution < 1.29 is 14.3 Å². The van der Waals surface area contributed by atoms with Gasteiger partial charge in [-0.05, 0) is 17.4 Å². The molecule has 0 fully saturated rings. The van der Waals surface area contributed by atoms with Crippen molar-refractivity contribution in [3.05, 3.63) is 29.5 Å². The summed E-state index contributed by atoms with van der Waals surface area (Å²) in [6.07, 6.45) is 1.02. The van der Waals surface area contributed by atoms with Gasteiger partial charge in [-0.3, -0.25) is 4.79 Å². The molecule has 0 saturated heterocycles. The van der Waals surface area contributed by atoms with Crippen LogP contribution in [0.1, 0.15) is 26.0 Å². The van der Waals surface area contributed by atoms with Gasteiger partial charge in [-0.15, -0.1) is 11.3 Å². The molecule has 0 aliphatic carbocycles. The zero-order chi connectivity index (χ0) is 14.5. The van der Waals surface area contributed by atoms with E-state index in [0.29, 0.717) is 18.1 Å². The van der Waals surface area contributed by atoms with Gasteiger partial charge in [-0.2, -0.15) is 0 Å². The fourth-order valence-corrected chi connectivity index (χ4v) is 2.24. The van der Waals surface area contributed by atoms with Gasteiger partial charge in [0.05, 0.1) is 29.6 Å². The largest absolute Gasteiger partial charge is 0.443 e. The summed E-state index contributed by atoms with van der Waals surface area (Å²) in [5, 5.41) is 14.3. The molecule has 0 bridgehead atoms. The number of nitrogens with one attached hydrogen (secondary N) is 1. The van der Waals surface area contributed by atoms with Crippen LogP contribution in [-0.2, 0) is 11.3 Å². The lowest BCUT2D eigenvalue weighted by atomic mass is 10.0. The normalized spacial score (nSPS) is 12.6. The minimum absolute atomic E-state index is 0.0678. The monoisotopic (exact) mass is 294 g/mol. The molecule has 5 nitrogen and oxygen atoms in total. The van der Waals surface area contributed by atoms with Gasteiger partial charge in [-0.1, -0.05) is 19.9 Å². The summed E-state index contributed by atoms with van der Waals surface area (Å²) in [4.78, 5) is 16.9. The molecular formula is C14H18N2O3S. The maximum Gasteiger partial charge on any atom is 0.236 e. The van der Waals surface area contributed by atoms with E-state index in [9.17, 15) is 9.90 Å². The second-order valence-electron chi connectivity index (χ2n) is 4.91. The second kappa shape index (κ2) is 6.67. The number of oxazole rings is 1. The van der Waals surface area contributed by atoms with Crippen LogP contribution in [0.25, 0.3) is 10.8 Å². The van der Waals surface area contributed by atoms with Crippen LogP contribution in [-0.4, -0.2) is 22.1 Å². The van der Waals surface area contributed by atoms with Crippen molar-refractivity contribution in [1.29, 1.82) is 0 Å². The zero-order valence-electron chi connectivity index (χ0n) is 11.5. The first-order chi connectivity index (χ1) is 9.56. The fourth-order valence-electron chi connectivity index (χ4n) is 1.59. The average Bonchev–Trinajstić information content (AvgIpc) is 3.07. The van der Waals surface area contributed by atoms with E-state index >= 15 is 0 Å². The Morgan fingerprint density at radius 2 is 2.35 bits per heavy atom. The molecule has 6 heteroatoms. The van der Waals surface area contributed by atoms with Crippen LogP contribution in [0, 0.1) is 5.92 Å². The van der Waals surface area contributed by atoms with Crippen LogP contribution in [0.3, 0.4) is 0 Å². The summed E-state index contributed by atoms with van der Waals surface area (Å²) in [7, 11) is 0. The molecule has 0 saturated carbocycles. The van der Waals surface area contributed by atoms with Crippen molar-refractivity contribution in [2.45, 2.75) is 32.9 Å². The van der Waals surface area contributed by atoms with Crippen molar-refractivity contribution in [2.75, 3.05) is 0 Å². The maximum atomic E-state index is 11.6. The predicted octanol–water partition coefficient (Wildman–Crippen LogP) is 2.43. The lowest BCUT2D eigenvalue weighted by molar-refractivity contribution is -0.123. The highest BCUT2D eigenvalue weighted by atomic mass is 32.1. The first kappa shape index (κ1) is 14.7. The molecule has 2 rings (SSSR count). The van der Waals surface area contributed by atoms with E-state index in [2.05, 4.69) is 10.3 Å². The Morgan fingerprint density at radius 3 is 3.00 bits per heavy atom. The Balaban J connectivity index is 1.84. The molecule has 0 spiro atoms. The van der Waals surface area contributed by atoms with Gasteiger partial charge in [0.15, 0.2) is 0 Å². The zero-order valence-corrected chi connectivity index (χ0v) is 12.3. The van der Waals surface area contributed by atoms with Crippen LogP contribution in [0.15, 0.2) is 28.2 Å². The molecule has 0 aromatic carbocycles. The first-order valence-corrected chi connectivity index (χ1v) is 7.37. The summed E-state index contributed by atoms with van der Waals surface area (Å²) in [6, 6.07) is 3.86. The maximum absolute atomic E-state index is 11.6. The minimum atomic E-state index is -0.617. The van der Waals surface area contributed by atoms with E-state index < -0.39 is 6.10 Å². The molecule has 0 aliphatic heterocycles. The number of aromatic nitrogens is 1. The Morgan fingerprint density at radius 1 is 1.55 bits per heavy atom. The molecule has 2 aromatic heterocycles. The number of hydrogen-bond donors (Lipinski definition) is 2. The highest BCUT2D eigenvalue weighted by molar-refractivity contribution is 7.13. The lowest BCUT2D eigenvalue weighted by Crippen LogP contribution is -2.29. The van der Waals surface area contributed by atoms with Crippen molar-refractivity contribution in [3.63, 3.8) is 0 Å². The summed E-state index contributed by atoms with van der Waals surface area (Å²) in [5.41, 5.74) is 0.667. The minimum Gasteiger partial charge on any atom is -0.443 e. The Labute approximate surface area is 121 Å². The molecule has 1 atom stereocenters. The van der Waals surface area contributed by atoms with Crippen molar-refractivity contribution >= 4 is 17.2 Å². The van der Waals surface area contributed by atoms with E-state index in [4.69, 9.17) is 4.42 Å². The smallest absolute Gasteiger partial charge is 0.236 e. The second-order valence-corrected chi connectivity index (χ2v) is 5.86. The number of hydrogen-bond acceptors (Lipinski definition) is 5. The van der Waals surface area contributed by atoms with Gasteiger partial charge in [0.1, 0.15) is 6.26 Å². The standard InChI is InChI=1S/C14H18N2O3S/c1-9(2)11(17)6-13(18)15-7-10-8-19-14(16-10)12-4-3-5-20-12/h3-5,8-9,11,17H,6-7H2,1-2H3,(H,15,18). The Kier molecular flexibility index (Phi) is 4.92. The predicted molar refractivity (Wildman–Crippen MR) is 77.1 cm³/mol. The van der Waals surface area contributed by atoms with Crippen LogP contribution in [0.4, 0.5) is 0 Å². The number of carbonyl (C=O) groups excluding carboxylic acids is 1. The molecule has 2 heterocycles. The van der Waals surface area contributed by atoms with Crippen LogP contribution < -0.4 is 5.32 Å². The molecule has 0 radical (unpaired) electrons. The summed E-state index contributed by atoms with van der Waals surface area (Å²) in [5.74, 6) is 0.441. The number of amides is 1. The van der Waals surface area contributed by atoms with Crippen LogP contribution in [0.5, 0.6) is 0 Å². The third-order valence-corrected chi connectivity index (χ3v) is 3.77. The summed E-state index contributed by atoms with van der Waals surface area (Å²) in [6.45, 7) is 4.06. The summed E-state index contributed by atoms with van der Waals surface area (Å²) < 4.78 is 5.36. The van der Waals surface area contributed by atoms with Crippen molar-refractivity contribution in [2.24, 2.45) is 5.92 Å². The Bertz CT molecular complexity index is 549. The molecular weight excluding hydrogens is 276 g/mol. The number of nitrogens with zero attached hydrogens (tertiary/aromatic N) is 1.